The molecular formula is C10H11BrN4O3S. The SMILES string of the molecule is COc1ccc(S(=O)(=O)NCc2ncn[nH]2)cc1Br. The molecule has 9 heteroatoms. The van der Waals surface area contributed by atoms with Crippen LogP contribution in [0.5, 0.6) is 5.75 Å². The third-order valence-corrected chi connectivity index (χ3v) is 4.35. The molecule has 0 unspecified atom stereocenters. The highest BCUT2D eigenvalue weighted by Gasteiger charge is 2.16. The zero-order valence-corrected chi connectivity index (χ0v) is 12.3. The van der Waals surface area contributed by atoms with Crippen LogP contribution in [0, 0.1) is 0 Å². The van der Waals surface area contributed by atoms with Gasteiger partial charge in [-0.15, -0.1) is 0 Å². The van der Waals surface area contributed by atoms with Crippen molar-refractivity contribution in [3.63, 3.8) is 0 Å². The second kappa shape index (κ2) is 5.68. The van der Waals surface area contributed by atoms with E-state index in [0.29, 0.717) is 16.0 Å². The van der Waals surface area contributed by atoms with Gasteiger partial charge in [0.1, 0.15) is 17.9 Å². The standard InChI is InChI=1S/C10H11BrN4O3S/c1-18-9-3-2-7(4-8(9)11)19(16,17)14-5-10-12-6-13-15-10/h2-4,6,14H,5H2,1H3,(H,12,13,15). The van der Waals surface area contributed by atoms with Gasteiger partial charge in [0.25, 0.3) is 0 Å². The normalized spacial score (nSPS) is 11.5. The number of sulfonamides is 1. The van der Waals surface area contributed by atoms with E-state index < -0.39 is 10.0 Å². The van der Waals surface area contributed by atoms with Crippen LogP contribution in [0.2, 0.25) is 0 Å². The van der Waals surface area contributed by atoms with Crippen LogP contribution in [0.15, 0.2) is 33.9 Å². The van der Waals surface area contributed by atoms with Gasteiger partial charge in [-0.3, -0.25) is 5.10 Å². The number of hydrogen-bond acceptors (Lipinski definition) is 5. The Labute approximate surface area is 118 Å². The van der Waals surface area contributed by atoms with E-state index in [4.69, 9.17) is 4.74 Å². The number of benzene rings is 1. The average molecular weight is 347 g/mol. The lowest BCUT2D eigenvalue weighted by molar-refractivity contribution is 0.411. The lowest BCUT2D eigenvalue weighted by Crippen LogP contribution is -2.23. The Bertz CT molecular complexity index is 657. The Morgan fingerprint density at radius 1 is 1.47 bits per heavy atom. The largest absolute Gasteiger partial charge is 0.496 e. The predicted octanol–water partition coefficient (Wildman–Crippen LogP) is 1.05. The van der Waals surface area contributed by atoms with Gasteiger partial charge in [0.15, 0.2) is 0 Å². The van der Waals surface area contributed by atoms with Gasteiger partial charge < -0.3 is 4.74 Å². The molecule has 0 saturated heterocycles. The minimum atomic E-state index is -3.61. The van der Waals surface area contributed by atoms with Crippen LogP contribution in [-0.2, 0) is 16.6 Å². The van der Waals surface area contributed by atoms with Crippen LogP contribution >= 0.6 is 15.9 Å². The van der Waals surface area contributed by atoms with Crippen molar-refractivity contribution in [3.05, 3.63) is 34.8 Å². The Morgan fingerprint density at radius 2 is 2.26 bits per heavy atom. The van der Waals surface area contributed by atoms with E-state index in [1.54, 1.807) is 6.07 Å². The highest BCUT2D eigenvalue weighted by atomic mass is 79.9. The fraction of sp³-hybridized carbons (Fsp3) is 0.200. The number of hydrogen-bond donors (Lipinski definition) is 2. The highest BCUT2D eigenvalue weighted by Crippen LogP contribution is 2.27. The van der Waals surface area contributed by atoms with Crippen molar-refractivity contribution in [1.82, 2.24) is 19.9 Å². The topological polar surface area (TPSA) is 97.0 Å². The van der Waals surface area contributed by atoms with Gasteiger partial charge >= 0.3 is 0 Å². The molecule has 0 amide bonds. The monoisotopic (exact) mass is 346 g/mol. The zero-order chi connectivity index (χ0) is 13.9. The third-order valence-electron chi connectivity index (χ3n) is 2.33. The number of aromatic nitrogens is 3. The molecule has 1 heterocycles. The van der Waals surface area contributed by atoms with Crippen molar-refractivity contribution in [1.29, 1.82) is 0 Å². The summed E-state index contributed by atoms with van der Waals surface area (Å²) < 4.78 is 32.1. The van der Waals surface area contributed by atoms with E-state index in [-0.39, 0.29) is 11.4 Å². The molecule has 0 fully saturated rings. The quantitative estimate of drug-likeness (QED) is 0.843. The Balaban J connectivity index is 2.17. The van der Waals surface area contributed by atoms with E-state index in [2.05, 4.69) is 35.8 Å². The van der Waals surface area contributed by atoms with Gasteiger partial charge in [0.2, 0.25) is 10.0 Å². The van der Waals surface area contributed by atoms with Crippen LogP contribution in [0.25, 0.3) is 0 Å². The molecule has 0 saturated carbocycles. The Kier molecular flexibility index (Phi) is 4.17. The van der Waals surface area contributed by atoms with Gasteiger partial charge in [-0.1, -0.05) is 0 Å². The molecule has 0 aliphatic rings. The second-order valence-electron chi connectivity index (χ2n) is 3.55. The molecule has 0 spiro atoms. The van der Waals surface area contributed by atoms with E-state index in [0.717, 1.165) is 0 Å². The summed E-state index contributed by atoms with van der Waals surface area (Å²) in [6.07, 6.45) is 1.31. The van der Waals surface area contributed by atoms with Crippen molar-refractivity contribution >= 4 is 26.0 Å². The first-order valence-electron chi connectivity index (χ1n) is 5.20. The molecule has 2 N–H and O–H groups in total. The predicted molar refractivity (Wildman–Crippen MR) is 71.1 cm³/mol. The molecule has 102 valence electrons. The average Bonchev–Trinajstić information content (AvgIpc) is 2.89. The molecule has 1 aromatic heterocycles. The second-order valence-corrected chi connectivity index (χ2v) is 6.17. The van der Waals surface area contributed by atoms with Crippen LogP contribution in [-0.4, -0.2) is 30.7 Å². The fourth-order valence-corrected chi connectivity index (χ4v) is 3.08. The lowest BCUT2D eigenvalue weighted by atomic mass is 10.3. The Morgan fingerprint density at radius 3 is 2.84 bits per heavy atom. The molecule has 0 radical (unpaired) electrons. The molecule has 0 bridgehead atoms. The van der Waals surface area contributed by atoms with Crippen molar-refractivity contribution in [2.75, 3.05) is 7.11 Å². The molecule has 0 aliphatic heterocycles. The first kappa shape index (κ1) is 14.0. The van der Waals surface area contributed by atoms with E-state index in [1.807, 2.05) is 0 Å². The number of ether oxygens (including phenoxy) is 1. The number of nitrogens with one attached hydrogen (secondary N) is 2. The number of halogens is 1. The summed E-state index contributed by atoms with van der Waals surface area (Å²) >= 11 is 3.24. The van der Waals surface area contributed by atoms with Crippen molar-refractivity contribution in [2.45, 2.75) is 11.4 Å². The van der Waals surface area contributed by atoms with Gasteiger partial charge in [0.05, 0.1) is 23.0 Å². The summed E-state index contributed by atoms with van der Waals surface area (Å²) in [4.78, 5) is 3.97. The van der Waals surface area contributed by atoms with Crippen LogP contribution in [0.4, 0.5) is 0 Å². The lowest BCUT2D eigenvalue weighted by Gasteiger charge is -2.08. The maximum atomic E-state index is 12.0. The fourth-order valence-electron chi connectivity index (χ4n) is 1.38. The molecule has 0 aliphatic carbocycles. The molecular weight excluding hydrogens is 336 g/mol. The molecule has 2 rings (SSSR count). The smallest absolute Gasteiger partial charge is 0.241 e. The van der Waals surface area contributed by atoms with E-state index in [1.165, 1.54) is 25.6 Å². The number of methoxy groups -OCH3 is 1. The number of aromatic amines is 1. The first-order chi connectivity index (χ1) is 9.03. The molecule has 0 atom stereocenters. The maximum Gasteiger partial charge on any atom is 0.241 e. The van der Waals surface area contributed by atoms with Crippen LogP contribution < -0.4 is 9.46 Å². The minimum Gasteiger partial charge on any atom is -0.496 e. The van der Waals surface area contributed by atoms with E-state index in [9.17, 15) is 8.42 Å². The minimum absolute atomic E-state index is 0.0476. The van der Waals surface area contributed by atoms with Gasteiger partial charge in [-0.05, 0) is 34.1 Å². The van der Waals surface area contributed by atoms with Gasteiger partial charge in [-0.2, -0.15) is 5.10 Å². The summed E-state index contributed by atoms with van der Waals surface area (Å²) in [7, 11) is -2.10. The summed E-state index contributed by atoms with van der Waals surface area (Å²) in [6.45, 7) is 0.0476. The van der Waals surface area contributed by atoms with Crippen LogP contribution in [0.3, 0.4) is 0 Å². The van der Waals surface area contributed by atoms with Crippen LogP contribution in [0.1, 0.15) is 5.82 Å². The summed E-state index contributed by atoms with van der Waals surface area (Å²) in [5.41, 5.74) is 0. The summed E-state index contributed by atoms with van der Waals surface area (Å²) in [5, 5.41) is 6.21. The number of nitrogens with zero attached hydrogens (tertiary/aromatic N) is 2. The zero-order valence-electron chi connectivity index (χ0n) is 9.92. The van der Waals surface area contributed by atoms with Crippen molar-refractivity contribution in [2.24, 2.45) is 0 Å². The number of rotatable bonds is 5. The van der Waals surface area contributed by atoms with E-state index >= 15 is 0 Å². The first-order valence-corrected chi connectivity index (χ1v) is 7.48. The summed E-state index contributed by atoms with van der Waals surface area (Å²) in [5.74, 6) is 1.00. The third kappa shape index (κ3) is 3.31. The van der Waals surface area contributed by atoms with Gasteiger partial charge in [0, 0.05) is 0 Å². The van der Waals surface area contributed by atoms with Crippen molar-refractivity contribution in [3.8, 4) is 5.75 Å². The van der Waals surface area contributed by atoms with Crippen molar-refractivity contribution < 1.29 is 13.2 Å². The molecule has 19 heavy (non-hydrogen) atoms. The molecule has 2 aromatic rings. The summed E-state index contributed by atoms with van der Waals surface area (Å²) in [6, 6.07) is 4.51. The molecule has 1 aromatic carbocycles. The highest BCUT2D eigenvalue weighted by molar-refractivity contribution is 9.10. The number of H-pyrrole nitrogens is 1. The maximum absolute atomic E-state index is 12.0. The van der Waals surface area contributed by atoms with Gasteiger partial charge in [-0.25, -0.2) is 18.1 Å². The molecule has 7 nitrogen and oxygen atoms in total. The Hall–Kier alpha value is -1.45.